The van der Waals surface area contributed by atoms with Crippen LogP contribution in [0.1, 0.15) is 32.3 Å². The molecule has 5 heteroatoms. The molecular formula is C14H17ClF3N. The molecular weight excluding hydrogens is 275 g/mol. The summed E-state index contributed by atoms with van der Waals surface area (Å²) < 4.78 is 38.2. The largest absolute Gasteiger partial charge is 0.417 e. The van der Waals surface area contributed by atoms with Gasteiger partial charge in [0.1, 0.15) is 0 Å². The summed E-state index contributed by atoms with van der Waals surface area (Å²) in [6.45, 7) is 4.34. The summed E-state index contributed by atoms with van der Waals surface area (Å²) in [6, 6.07) is 4.26. The van der Waals surface area contributed by atoms with Crippen LogP contribution in [0.4, 0.5) is 18.9 Å². The molecule has 106 valence electrons. The summed E-state index contributed by atoms with van der Waals surface area (Å²) in [5, 5.41) is 2.89. The van der Waals surface area contributed by atoms with Crippen molar-refractivity contribution < 1.29 is 13.2 Å². The Hall–Kier alpha value is -0.900. The minimum atomic E-state index is -4.41. The van der Waals surface area contributed by atoms with Crippen LogP contribution >= 0.6 is 11.6 Å². The summed E-state index contributed by atoms with van der Waals surface area (Å²) in [6.07, 6.45) is -2.38. The van der Waals surface area contributed by atoms with E-state index in [1.807, 2.05) is 0 Å². The van der Waals surface area contributed by atoms with Crippen LogP contribution in [0, 0.1) is 11.8 Å². The predicted molar refractivity (Wildman–Crippen MR) is 71.4 cm³/mol. The van der Waals surface area contributed by atoms with Gasteiger partial charge in [0.2, 0.25) is 0 Å². The minimum absolute atomic E-state index is 0.258. The van der Waals surface area contributed by atoms with Crippen molar-refractivity contribution in [3.63, 3.8) is 0 Å². The Bertz CT molecular complexity index is 450. The average Bonchev–Trinajstić information content (AvgIpc) is 2.22. The zero-order valence-electron chi connectivity index (χ0n) is 10.9. The van der Waals surface area contributed by atoms with Crippen molar-refractivity contribution in [1.29, 1.82) is 0 Å². The SMILES string of the molecule is CC(C)C1CC(Nc2ccc(Cl)c(C(F)(F)F)c2)C1. The zero-order valence-corrected chi connectivity index (χ0v) is 11.6. The lowest BCUT2D eigenvalue weighted by Crippen LogP contribution is -2.37. The molecule has 0 radical (unpaired) electrons. The van der Waals surface area contributed by atoms with E-state index in [4.69, 9.17) is 11.6 Å². The molecule has 1 fully saturated rings. The first kappa shape index (κ1) is 14.5. The van der Waals surface area contributed by atoms with E-state index in [-0.39, 0.29) is 11.1 Å². The van der Waals surface area contributed by atoms with E-state index in [2.05, 4.69) is 19.2 Å². The van der Waals surface area contributed by atoms with Crippen LogP contribution in [0.5, 0.6) is 0 Å². The Morgan fingerprint density at radius 2 is 1.89 bits per heavy atom. The summed E-state index contributed by atoms with van der Waals surface area (Å²) in [7, 11) is 0. The second-order valence-corrected chi connectivity index (χ2v) is 5.92. The first-order valence-electron chi connectivity index (χ1n) is 6.40. The maximum Gasteiger partial charge on any atom is 0.417 e. The number of anilines is 1. The third-order valence-electron chi connectivity index (χ3n) is 3.76. The van der Waals surface area contributed by atoms with Crippen LogP contribution in [0.3, 0.4) is 0 Å². The van der Waals surface area contributed by atoms with Crippen LogP contribution in [0.2, 0.25) is 5.02 Å². The second-order valence-electron chi connectivity index (χ2n) is 5.51. The quantitative estimate of drug-likeness (QED) is 0.806. The van der Waals surface area contributed by atoms with Gasteiger partial charge in [0, 0.05) is 11.7 Å². The van der Waals surface area contributed by atoms with Gasteiger partial charge in [0.15, 0.2) is 0 Å². The van der Waals surface area contributed by atoms with E-state index < -0.39 is 11.7 Å². The van der Waals surface area contributed by atoms with Crippen molar-refractivity contribution in [2.45, 2.75) is 38.9 Å². The van der Waals surface area contributed by atoms with Crippen molar-refractivity contribution in [3.05, 3.63) is 28.8 Å². The average molecular weight is 292 g/mol. The van der Waals surface area contributed by atoms with Crippen molar-refractivity contribution in [2.75, 3.05) is 5.32 Å². The molecule has 0 amide bonds. The Morgan fingerprint density at radius 3 is 2.42 bits per heavy atom. The number of rotatable bonds is 3. The van der Waals surface area contributed by atoms with Gasteiger partial charge < -0.3 is 5.32 Å². The molecule has 0 spiro atoms. The lowest BCUT2D eigenvalue weighted by atomic mass is 9.73. The van der Waals surface area contributed by atoms with Crippen LogP contribution in [-0.4, -0.2) is 6.04 Å². The van der Waals surface area contributed by atoms with Crippen LogP contribution in [0.25, 0.3) is 0 Å². The normalized spacial score (nSPS) is 23.3. The number of benzene rings is 1. The molecule has 1 saturated carbocycles. The molecule has 0 unspecified atom stereocenters. The Morgan fingerprint density at radius 1 is 1.26 bits per heavy atom. The van der Waals surface area contributed by atoms with Gasteiger partial charge in [-0.1, -0.05) is 25.4 Å². The topological polar surface area (TPSA) is 12.0 Å². The highest BCUT2D eigenvalue weighted by Crippen LogP contribution is 2.38. The zero-order chi connectivity index (χ0) is 14.2. The Balaban J connectivity index is 2.03. The number of alkyl halides is 3. The monoisotopic (exact) mass is 291 g/mol. The van der Waals surface area contributed by atoms with E-state index in [0.717, 1.165) is 18.9 Å². The molecule has 0 aliphatic heterocycles. The molecule has 0 saturated heterocycles. The number of halogens is 4. The summed E-state index contributed by atoms with van der Waals surface area (Å²) in [5.74, 6) is 1.31. The maximum atomic E-state index is 12.7. The lowest BCUT2D eigenvalue weighted by molar-refractivity contribution is -0.137. The molecule has 2 rings (SSSR count). The third-order valence-corrected chi connectivity index (χ3v) is 4.09. The number of nitrogens with one attached hydrogen (secondary N) is 1. The first-order valence-corrected chi connectivity index (χ1v) is 6.78. The highest BCUT2D eigenvalue weighted by atomic mass is 35.5. The fraction of sp³-hybridized carbons (Fsp3) is 0.571. The van der Waals surface area contributed by atoms with Gasteiger partial charge in [0.25, 0.3) is 0 Å². The molecule has 1 nitrogen and oxygen atoms in total. The molecule has 1 aliphatic rings. The second kappa shape index (κ2) is 5.23. The van der Waals surface area contributed by atoms with Crippen molar-refractivity contribution in [1.82, 2.24) is 0 Å². The Kier molecular flexibility index (Phi) is 4.00. The Labute approximate surface area is 116 Å². The maximum absolute atomic E-state index is 12.7. The molecule has 19 heavy (non-hydrogen) atoms. The number of hydrogen-bond donors (Lipinski definition) is 1. The van der Waals surface area contributed by atoms with E-state index in [0.29, 0.717) is 17.5 Å². The predicted octanol–water partition coefficient (Wildman–Crippen LogP) is 5.21. The third kappa shape index (κ3) is 3.35. The molecule has 0 bridgehead atoms. The highest BCUT2D eigenvalue weighted by molar-refractivity contribution is 6.31. The molecule has 0 heterocycles. The smallest absolute Gasteiger partial charge is 0.382 e. The van der Waals surface area contributed by atoms with Crippen LogP contribution in [0.15, 0.2) is 18.2 Å². The summed E-state index contributed by atoms with van der Waals surface area (Å²) in [4.78, 5) is 0. The first-order chi connectivity index (χ1) is 8.77. The standard InChI is InChI=1S/C14H17ClF3N/c1-8(2)9-5-11(6-9)19-10-3-4-13(15)12(7-10)14(16,17)18/h3-4,7-9,11,19H,5-6H2,1-2H3. The number of hydrogen-bond acceptors (Lipinski definition) is 1. The van der Waals surface area contributed by atoms with E-state index >= 15 is 0 Å². The molecule has 0 atom stereocenters. The minimum Gasteiger partial charge on any atom is -0.382 e. The van der Waals surface area contributed by atoms with Crippen molar-refractivity contribution >= 4 is 17.3 Å². The van der Waals surface area contributed by atoms with E-state index in [1.165, 1.54) is 6.07 Å². The van der Waals surface area contributed by atoms with Gasteiger partial charge in [-0.15, -0.1) is 0 Å². The molecule has 1 N–H and O–H groups in total. The van der Waals surface area contributed by atoms with Gasteiger partial charge >= 0.3 is 6.18 Å². The summed E-state index contributed by atoms with van der Waals surface area (Å²) >= 11 is 5.58. The van der Waals surface area contributed by atoms with Gasteiger partial charge in [-0.2, -0.15) is 13.2 Å². The van der Waals surface area contributed by atoms with Crippen molar-refractivity contribution in [3.8, 4) is 0 Å². The molecule has 1 aromatic carbocycles. The molecule has 1 aliphatic carbocycles. The van der Waals surface area contributed by atoms with Gasteiger partial charge in [0.05, 0.1) is 10.6 Å². The van der Waals surface area contributed by atoms with Crippen LogP contribution < -0.4 is 5.32 Å². The highest BCUT2D eigenvalue weighted by Gasteiger charge is 2.34. The van der Waals surface area contributed by atoms with Crippen LogP contribution in [-0.2, 0) is 6.18 Å². The van der Waals surface area contributed by atoms with Gasteiger partial charge in [-0.05, 0) is 42.9 Å². The lowest BCUT2D eigenvalue weighted by Gasteiger charge is -2.39. The van der Waals surface area contributed by atoms with E-state index in [1.54, 1.807) is 6.07 Å². The molecule has 0 aromatic heterocycles. The van der Waals surface area contributed by atoms with Gasteiger partial charge in [-0.25, -0.2) is 0 Å². The fourth-order valence-electron chi connectivity index (χ4n) is 2.39. The molecule has 1 aromatic rings. The summed E-state index contributed by atoms with van der Waals surface area (Å²) in [5.41, 5.74) is -0.289. The fourth-order valence-corrected chi connectivity index (χ4v) is 2.62. The van der Waals surface area contributed by atoms with E-state index in [9.17, 15) is 13.2 Å². The van der Waals surface area contributed by atoms with Gasteiger partial charge in [-0.3, -0.25) is 0 Å². The van der Waals surface area contributed by atoms with Crippen molar-refractivity contribution in [2.24, 2.45) is 11.8 Å².